The second-order valence-corrected chi connectivity index (χ2v) is 6.70. The number of aromatic nitrogens is 1. The molecule has 1 fully saturated rings. The lowest BCUT2D eigenvalue weighted by Gasteiger charge is -2.25. The highest BCUT2D eigenvalue weighted by atomic mass is 16.5. The van der Waals surface area contributed by atoms with E-state index >= 15 is 0 Å². The largest absolute Gasteiger partial charge is 0.486 e. The van der Waals surface area contributed by atoms with Crippen LogP contribution in [-0.2, 0) is 6.61 Å². The first-order valence-electron chi connectivity index (χ1n) is 9.17. The van der Waals surface area contributed by atoms with Crippen molar-refractivity contribution in [2.75, 3.05) is 18.0 Å². The SMILES string of the molecule is Cc1ccc(OCc2ccc(-c3nc(C#N)c(N4CCCCC4)o3)o2)cc1. The number of benzene rings is 1. The Kier molecular flexibility index (Phi) is 4.84. The summed E-state index contributed by atoms with van der Waals surface area (Å²) in [6.07, 6.45) is 3.41. The molecule has 0 radical (unpaired) electrons. The summed E-state index contributed by atoms with van der Waals surface area (Å²) in [5, 5.41) is 9.39. The predicted molar refractivity (Wildman–Crippen MR) is 100 cm³/mol. The topological polar surface area (TPSA) is 75.4 Å². The summed E-state index contributed by atoms with van der Waals surface area (Å²) in [4.78, 5) is 6.40. The summed E-state index contributed by atoms with van der Waals surface area (Å²) in [7, 11) is 0. The van der Waals surface area contributed by atoms with Gasteiger partial charge < -0.3 is 18.5 Å². The Hall–Kier alpha value is -3.20. The van der Waals surface area contributed by atoms with Gasteiger partial charge in [-0.25, -0.2) is 0 Å². The fourth-order valence-electron chi connectivity index (χ4n) is 3.16. The number of oxazole rings is 1. The van der Waals surface area contributed by atoms with E-state index in [1.165, 1.54) is 12.0 Å². The van der Waals surface area contributed by atoms with Crippen LogP contribution in [0.25, 0.3) is 11.7 Å². The molecular formula is C21H21N3O3. The molecule has 6 nitrogen and oxygen atoms in total. The first-order valence-corrected chi connectivity index (χ1v) is 9.17. The second kappa shape index (κ2) is 7.58. The van der Waals surface area contributed by atoms with Crippen LogP contribution in [0.4, 0.5) is 5.88 Å². The summed E-state index contributed by atoms with van der Waals surface area (Å²) in [5.74, 6) is 2.82. The number of nitrogens with zero attached hydrogens (tertiary/aromatic N) is 3. The molecule has 1 aliphatic rings. The van der Waals surface area contributed by atoms with Crippen LogP contribution in [0.5, 0.6) is 5.75 Å². The molecule has 3 aromatic rings. The quantitative estimate of drug-likeness (QED) is 0.655. The summed E-state index contributed by atoms with van der Waals surface area (Å²) in [6.45, 7) is 4.12. The van der Waals surface area contributed by atoms with Crippen molar-refractivity contribution < 1.29 is 13.6 Å². The van der Waals surface area contributed by atoms with Crippen molar-refractivity contribution in [1.82, 2.24) is 4.98 Å². The molecule has 0 bridgehead atoms. The molecule has 0 aliphatic carbocycles. The van der Waals surface area contributed by atoms with Crippen LogP contribution < -0.4 is 9.64 Å². The molecule has 0 atom stereocenters. The molecule has 1 aromatic carbocycles. The van der Waals surface area contributed by atoms with Crippen molar-refractivity contribution in [3.05, 3.63) is 53.4 Å². The van der Waals surface area contributed by atoms with E-state index in [4.69, 9.17) is 13.6 Å². The number of rotatable bonds is 5. The third-order valence-corrected chi connectivity index (χ3v) is 4.63. The van der Waals surface area contributed by atoms with E-state index in [1.54, 1.807) is 6.07 Å². The number of furan rings is 1. The maximum Gasteiger partial charge on any atom is 0.266 e. The summed E-state index contributed by atoms with van der Waals surface area (Å²) in [5.41, 5.74) is 1.49. The van der Waals surface area contributed by atoms with Crippen LogP contribution in [-0.4, -0.2) is 18.1 Å². The van der Waals surface area contributed by atoms with Gasteiger partial charge in [-0.2, -0.15) is 10.2 Å². The lowest BCUT2D eigenvalue weighted by atomic mass is 10.1. The highest BCUT2D eigenvalue weighted by molar-refractivity contribution is 5.56. The molecule has 6 heteroatoms. The maximum atomic E-state index is 9.39. The minimum atomic E-state index is 0.306. The molecule has 138 valence electrons. The van der Waals surface area contributed by atoms with Crippen LogP contribution >= 0.6 is 0 Å². The molecule has 1 aliphatic heterocycles. The van der Waals surface area contributed by atoms with Gasteiger partial charge in [0.25, 0.3) is 5.89 Å². The number of ether oxygens (including phenoxy) is 1. The smallest absolute Gasteiger partial charge is 0.266 e. The highest BCUT2D eigenvalue weighted by Crippen LogP contribution is 2.31. The number of nitriles is 1. The fraction of sp³-hybridized carbons (Fsp3) is 0.333. The molecule has 0 unspecified atom stereocenters. The number of piperidine rings is 1. The Morgan fingerprint density at radius 3 is 2.59 bits per heavy atom. The van der Waals surface area contributed by atoms with E-state index in [0.29, 0.717) is 35.6 Å². The first kappa shape index (κ1) is 17.2. The lowest BCUT2D eigenvalue weighted by molar-refractivity contribution is 0.271. The minimum absolute atomic E-state index is 0.306. The molecule has 2 aromatic heterocycles. The predicted octanol–water partition coefficient (Wildman–Crippen LogP) is 4.68. The highest BCUT2D eigenvalue weighted by Gasteiger charge is 2.23. The molecule has 4 rings (SSSR count). The third-order valence-electron chi connectivity index (χ3n) is 4.63. The molecule has 0 spiro atoms. The van der Waals surface area contributed by atoms with Crippen LogP contribution in [0.1, 0.15) is 36.3 Å². The standard InChI is InChI=1S/C21H21N3O3/c1-15-5-7-16(8-6-15)25-14-17-9-10-19(26-17)20-23-18(13-22)21(27-20)24-11-3-2-4-12-24/h5-10H,2-4,11-12,14H2,1H3. The molecular weight excluding hydrogens is 342 g/mol. The van der Waals surface area contributed by atoms with Crippen molar-refractivity contribution in [3.8, 4) is 23.5 Å². The van der Waals surface area contributed by atoms with Gasteiger partial charge in [0.15, 0.2) is 5.76 Å². The summed E-state index contributed by atoms with van der Waals surface area (Å²) < 4.78 is 17.4. The monoisotopic (exact) mass is 363 g/mol. The van der Waals surface area contributed by atoms with Crippen molar-refractivity contribution in [2.45, 2.75) is 32.8 Å². The molecule has 0 amide bonds. The number of aryl methyl sites for hydroxylation is 1. The Bertz CT molecular complexity index is 944. The van der Waals surface area contributed by atoms with Crippen LogP contribution in [0, 0.1) is 18.3 Å². The van der Waals surface area contributed by atoms with Gasteiger partial charge in [-0.3, -0.25) is 0 Å². The van der Waals surface area contributed by atoms with Crippen LogP contribution in [0.3, 0.4) is 0 Å². The average molecular weight is 363 g/mol. The first-order chi connectivity index (χ1) is 13.2. The van der Waals surface area contributed by atoms with Gasteiger partial charge >= 0.3 is 0 Å². The zero-order chi connectivity index (χ0) is 18.6. The third kappa shape index (κ3) is 3.82. The molecule has 0 N–H and O–H groups in total. The Labute approximate surface area is 158 Å². The van der Waals surface area contributed by atoms with E-state index in [0.717, 1.165) is 31.7 Å². The van der Waals surface area contributed by atoms with Crippen molar-refractivity contribution >= 4 is 5.88 Å². The average Bonchev–Trinajstić information content (AvgIpc) is 3.35. The van der Waals surface area contributed by atoms with Crippen molar-refractivity contribution in [3.63, 3.8) is 0 Å². The molecule has 3 heterocycles. The molecule has 27 heavy (non-hydrogen) atoms. The fourth-order valence-corrected chi connectivity index (χ4v) is 3.16. The van der Waals surface area contributed by atoms with E-state index in [-0.39, 0.29) is 0 Å². The van der Waals surface area contributed by atoms with Crippen molar-refractivity contribution in [2.24, 2.45) is 0 Å². The maximum absolute atomic E-state index is 9.39. The van der Waals surface area contributed by atoms with Gasteiger partial charge in [-0.05, 0) is 50.5 Å². The normalized spacial score (nSPS) is 14.1. The van der Waals surface area contributed by atoms with E-state index in [9.17, 15) is 5.26 Å². The zero-order valence-electron chi connectivity index (χ0n) is 15.3. The molecule has 0 saturated carbocycles. The van der Waals surface area contributed by atoms with Gasteiger partial charge in [0.1, 0.15) is 24.2 Å². The van der Waals surface area contributed by atoms with E-state index in [2.05, 4.69) is 16.0 Å². The Balaban J connectivity index is 1.48. The number of hydrogen-bond acceptors (Lipinski definition) is 6. The van der Waals surface area contributed by atoms with Gasteiger partial charge in [-0.1, -0.05) is 17.7 Å². The van der Waals surface area contributed by atoms with E-state index in [1.807, 2.05) is 37.3 Å². The Morgan fingerprint density at radius 2 is 1.85 bits per heavy atom. The van der Waals surface area contributed by atoms with Gasteiger partial charge in [-0.15, -0.1) is 0 Å². The summed E-state index contributed by atoms with van der Waals surface area (Å²) in [6, 6.07) is 13.6. The number of hydrogen-bond donors (Lipinski definition) is 0. The minimum Gasteiger partial charge on any atom is -0.486 e. The van der Waals surface area contributed by atoms with Crippen LogP contribution in [0.15, 0.2) is 45.2 Å². The Morgan fingerprint density at radius 1 is 1.07 bits per heavy atom. The zero-order valence-corrected chi connectivity index (χ0v) is 15.3. The molecule has 1 saturated heterocycles. The van der Waals surface area contributed by atoms with Gasteiger partial charge in [0.2, 0.25) is 11.6 Å². The van der Waals surface area contributed by atoms with Gasteiger partial charge in [0, 0.05) is 13.1 Å². The van der Waals surface area contributed by atoms with E-state index < -0.39 is 0 Å². The second-order valence-electron chi connectivity index (χ2n) is 6.70. The summed E-state index contributed by atoms with van der Waals surface area (Å²) >= 11 is 0. The van der Waals surface area contributed by atoms with Crippen LogP contribution in [0.2, 0.25) is 0 Å². The number of anilines is 1. The van der Waals surface area contributed by atoms with Gasteiger partial charge in [0.05, 0.1) is 0 Å². The lowest BCUT2D eigenvalue weighted by Crippen LogP contribution is -2.29. The van der Waals surface area contributed by atoms with Crippen molar-refractivity contribution in [1.29, 1.82) is 5.26 Å².